The predicted molar refractivity (Wildman–Crippen MR) is 105 cm³/mol. The molecule has 2 aromatic rings. The standard InChI is InChI=1S/C20H24ClN3O2/c1-2-23-10-12-24(13-11-23)15-16-8-9-17(14-19(16)21)22-20(25)26-18-6-4-3-5-7-18/h3-9,14H,2,10-13,15H2,1H3,(H,22,25). The lowest BCUT2D eigenvalue weighted by Gasteiger charge is -2.34. The zero-order valence-electron chi connectivity index (χ0n) is 15.0. The zero-order chi connectivity index (χ0) is 18.4. The molecule has 0 unspecified atom stereocenters. The summed E-state index contributed by atoms with van der Waals surface area (Å²) in [5.74, 6) is 0.499. The summed E-state index contributed by atoms with van der Waals surface area (Å²) in [6, 6.07) is 14.5. The summed E-state index contributed by atoms with van der Waals surface area (Å²) >= 11 is 6.42. The molecule has 0 radical (unpaired) electrons. The number of nitrogens with zero attached hydrogens (tertiary/aromatic N) is 2. The van der Waals surface area contributed by atoms with E-state index in [4.69, 9.17) is 16.3 Å². The lowest BCUT2D eigenvalue weighted by molar-refractivity contribution is 0.132. The van der Waals surface area contributed by atoms with Gasteiger partial charge in [0.05, 0.1) is 0 Å². The number of amides is 1. The topological polar surface area (TPSA) is 44.8 Å². The second-order valence-electron chi connectivity index (χ2n) is 6.34. The molecule has 1 amide bonds. The van der Waals surface area contributed by atoms with Gasteiger partial charge in [-0.25, -0.2) is 4.79 Å². The number of anilines is 1. The van der Waals surface area contributed by atoms with Crippen molar-refractivity contribution in [1.82, 2.24) is 9.80 Å². The minimum Gasteiger partial charge on any atom is -0.410 e. The number of para-hydroxylation sites is 1. The van der Waals surface area contributed by atoms with Crippen molar-refractivity contribution >= 4 is 23.4 Å². The average Bonchev–Trinajstić information content (AvgIpc) is 2.65. The number of carbonyl (C=O) groups is 1. The minimum absolute atomic E-state index is 0.499. The minimum atomic E-state index is -0.532. The van der Waals surface area contributed by atoms with Crippen LogP contribution in [0.3, 0.4) is 0 Å². The number of likely N-dealkylation sites (N-methyl/N-ethyl adjacent to an activating group) is 1. The highest BCUT2D eigenvalue weighted by Gasteiger charge is 2.16. The van der Waals surface area contributed by atoms with Gasteiger partial charge in [0.15, 0.2) is 0 Å². The van der Waals surface area contributed by atoms with Gasteiger partial charge in [-0.15, -0.1) is 0 Å². The first-order valence-corrected chi connectivity index (χ1v) is 9.29. The fraction of sp³-hybridized carbons (Fsp3) is 0.350. The highest BCUT2D eigenvalue weighted by Crippen LogP contribution is 2.23. The van der Waals surface area contributed by atoms with Crippen molar-refractivity contribution in [2.75, 3.05) is 38.0 Å². The molecule has 2 aromatic carbocycles. The summed E-state index contributed by atoms with van der Waals surface area (Å²) in [7, 11) is 0. The van der Waals surface area contributed by atoms with Crippen LogP contribution < -0.4 is 10.1 Å². The third-order valence-electron chi connectivity index (χ3n) is 4.56. The molecule has 1 heterocycles. The van der Waals surface area contributed by atoms with Crippen LogP contribution in [0.2, 0.25) is 5.02 Å². The van der Waals surface area contributed by atoms with Gasteiger partial charge >= 0.3 is 6.09 Å². The monoisotopic (exact) mass is 373 g/mol. The van der Waals surface area contributed by atoms with Crippen LogP contribution in [-0.2, 0) is 6.54 Å². The molecule has 1 saturated heterocycles. The molecule has 1 fully saturated rings. The third-order valence-corrected chi connectivity index (χ3v) is 4.91. The van der Waals surface area contributed by atoms with Gasteiger partial charge in [0.25, 0.3) is 0 Å². The molecule has 26 heavy (non-hydrogen) atoms. The van der Waals surface area contributed by atoms with E-state index in [0.29, 0.717) is 16.5 Å². The fourth-order valence-electron chi connectivity index (χ4n) is 3.00. The first kappa shape index (κ1) is 18.7. The number of benzene rings is 2. The van der Waals surface area contributed by atoms with E-state index in [-0.39, 0.29) is 0 Å². The van der Waals surface area contributed by atoms with Gasteiger partial charge in [-0.05, 0) is 36.4 Å². The van der Waals surface area contributed by atoms with Crippen molar-refractivity contribution in [3.63, 3.8) is 0 Å². The first-order valence-electron chi connectivity index (χ1n) is 8.91. The Bertz CT molecular complexity index is 731. The van der Waals surface area contributed by atoms with Crippen LogP contribution in [0, 0.1) is 0 Å². The predicted octanol–water partition coefficient (Wildman–Crippen LogP) is 4.09. The Labute approximate surface area is 159 Å². The average molecular weight is 374 g/mol. The van der Waals surface area contributed by atoms with E-state index in [0.717, 1.165) is 44.8 Å². The van der Waals surface area contributed by atoms with Crippen molar-refractivity contribution in [3.8, 4) is 5.75 Å². The second kappa shape index (κ2) is 9.03. The number of hydrogen-bond donors (Lipinski definition) is 1. The van der Waals surface area contributed by atoms with Gasteiger partial charge in [0.2, 0.25) is 0 Å². The highest BCUT2D eigenvalue weighted by molar-refractivity contribution is 6.31. The van der Waals surface area contributed by atoms with Crippen molar-refractivity contribution in [3.05, 3.63) is 59.1 Å². The summed E-state index contributed by atoms with van der Waals surface area (Å²) in [5.41, 5.74) is 1.69. The largest absolute Gasteiger partial charge is 0.417 e. The number of nitrogens with one attached hydrogen (secondary N) is 1. The molecular formula is C20H24ClN3O2. The van der Waals surface area contributed by atoms with E-state index in [9.17, 15) is 4.79 Å². The van der Waals surface area contributed by atoms with Crippen LogP contribution in [0.25, 0.3) is 0 Å². The Morgan fingerprint density at radius 3 is 2.42 bits per heavy atom. The first-order chi connectivity index (χ1) is 12.6. The molecule has 6 heteroatoms. The third kappa shape index (κ3) is 5.21. The van der Waals surface area contributed by atoms with Gasteiger partial charge in [0.1, 0.15) is 5.75 Å². The van der Waals surface area contributed by atoms with Crippen molar-refractivity contribution in [2.45, 2.75) is 13.5 Å². The summed E-state index contributed by atoms with van der Waals surface area (Å²) in [6.07, 6.45) is -0.532. The molecule has 0 atom stereocenters. The SMILES string of the molecule is CCN1CCN(Cc2ccc(NC(=O)Oc3ccccc3)cc2Cl)CC1. The van der Waals surface area contributed by atoms with Crippen LogP contribution in [0.5, 0.6) is 5.75 Å². The zero-order valence-corrected chi connectivity index (χ0v) is 15.7. The number of carbonyl (C=O) groups excluding carboxylic acids is 1. The molecule has 3 rings (SSSR count). The van der Waals surface area contributed by atoms with Crippen LogP contribution >= 0.6 is 11.6 Å². The maximum Gasteiger partial charge on any atom is 0.417 e. The van der Waals surface area contributed by atoms with Crippen molar-refractivity contribution < 1.29 is 9.53 Å². The summed E-state index contributed by atoms with van der Waals surface area (Å²) in [6.45, 7) is 8.42. The van der Waals surface area contributed by atoms with Gasteiger partial charge in [-0.1, -0.05) is 42.8 Å². The lowest BCUT2D eigenvalue weighted by atomic mass is 10.1. The van der Waals surface area contributed by atoms with E-state index in [1.165, 1.54) is 0 Å². The molecule has 1 aliphatic heterocycles. The van der Waals surface area contributed by atoms with E-state index < -0.39 is 6.09 Å². The molecule has 0 bridgehead atoms. The van der Waals surface area contributed by atoms with Crippen LogP contribution in [-0.4, -0.2) is 48.6 Å². The summed E-state index contributed by atoms with van der Waals surface area (Å²) in [5, 5.41) is 3.36. The molecule has 0 aromatic heterocycles. The summed E-state index contributed by atoms with van der Waals surface area (Å²) < 4.78 is 5.22. The molecule has 5 nitrogen and oxygen atoms in total. The van der Waals surface area contributed by atoms with Crippen molar-refractivity contribution in [1.29, 1.82) is 0 Å². The maximum atomic E-state index is 12.0. The van der Waals surface area contributed by atoms with Gasteiger partial charge < -0.3 is 9.64 Å². The maximum absolute atomic E-state index is 12.0. The normalized spacial score (nSPS) is 15.6. The molecule has 138 valence electrons. The van der Waals surface area contributed by atoms with Crippen LogP contribution in [0.4, 0.5) is 10.5 Å². The highest BCUT2D eigenvalue weighted by atomic mass is 35.5. The number of halogens is 1. The number of piperazine rings is 1. The number of hydrogen-bond acceptors (Lipinski definition) is 4. The smallest absolute Gasteiger partial charge is 0.410 e. The molecule has 0 saturated carbocycles. The Kier molecular flexibility index (Phi) is 6.50. The quantitative estimate of drug-likeness (QED) is 0.857. The lowest BCUT2D eigenvalue weighted by Crippen LogP contribution is -2.45. The fourth-order valence-corrected chi connectivity index (χ4v) is 3.24. The van der Waals surface area contributed by atoms with E-state index in [2.05, 4.69) is 22.0 Å². The van der Waals surface area contributed by atoms with E-state index in [1.54, 1.807) is 18.2 Å². The molecular weight excluding hydrogens is 350 g/mol. The molecule has 0 spiro atoms. The number of rotatable bonds is 5. The number of ether oxygens (including phenoxy) is 1. The van der Waals surface area contributed by atoms with Crippen molar-refractivity contribution in [2.24, 2.45) is 0 Å². The molecule has 0 aliphatic carbocycles. The van der Waals surface area contributed by atoms with E-state index in [1.807, 2.05) is 30.3 Å². The Morgan fingerprint density at radius 1 is 1.08 bits per heavy atom. The Balaban J connectivity index is 1.55. The van der Waals surface area contributed by atoms with Gasteiger partial charge in [-0.2, -0.15) is 0 Å². The van der Waals surface area contributed by atoms with E-state index >= 15 is 0 Å². The summed E-state index contributed by atoms with van der Waals surface area (Å²) in [4.78, 5) is 16.8. The Hall–Kier alpha value is -2.08. The second-order valence-corrected chi connectivity index (χ2v) is 6.75. The van der Waals surface area contributed by atoms with Crippen LogP contribution in [0.15, 0.2) is 48.5 Å². The molecule has 1 N–H and O–H groups in total. The van der Waals surface area contributed by atoms with Crippen LogP contribution in [0.1, 0.15) is 12.5 Å². The Morgan fingerprint density at radius 2 is 1.77 bits per heavy atom. The van der Waals surface area contributed by atoms with Gasteiger partial charge in [0, 0.05) is 43.4 Å². The van der Waals surface area contributed by atoms with Gasteiger partial charge in [-0.3, -0.25) is 10.2 Å². The molecule has 1 aliphatic rings.